The number of aromatic nitrogens is 1. The Morgan fingerprint density at radius 3 is 2.80 bits per heavy atom. The average molecular weight is 371 g/mol. The predicted octanol–water partition coefficient (Wildman–Crippen LogP) is 1.13. The van der Waals surface area contributed by atoms with Gasteiger partial charge in [-0.25, -0.2) is 13.1 Å². The summed E-state index contributed by atoms with van der Waals surface area (Å²) in [5, 5.41) is 3.66. The molecule has 1 N–H and O–H groups in total. The summed E-state index contributed by atoms with van der Waals surface area (Å²) in [4.78, 5) is 14.5. The fourth-order valence-corrected chi connectivity index (χ4v) is 5.13. The van der Waals surface area contributed by atoms with Crippen LogP contribution in [-0.4, -0.2) is 56.2 Å². The minimum Gasteiger partial charge on any atom is -0.374 e. The lowest BCUT2D eigenvalue weighted by Gasteiger charge is -2.43. The number of morpholine rings is 1. The average Bonchev–Trinajstić information content (AvgIpc) is 2.93. The first-order valence-electron chi connectivity index (χ1n) is 8.74. The Bertz CT molecular complexity index is 709. The third-order valence-electron chi connectivity index (χ3n) is 4.92. The highest BCUT2D eigenvalue weighted by molar-refractivity contribution is 7.89. The first-order valence-corrected chi connectivity index (χ1v) is 10.2. The van der Waals surface area contributed by atoms with Crippen molar-refractivity contribution in [2.24, 2.45) is 0 Å². The van der Waals surface area contributed by atoms with Crippen LogP contribution < -0.4 is 4.72 Å². The van der Waals surface area contributed by atoms with E-state index < -0.39 is 10.0 Å². The molecule has 2 unspecified atom stereocenters. The van der Waals surface area contributed by atoms with Gasteiger partial charge in [-0.1, -0.05) is 18.0 Å². The molecule has 1 aromatic rings. The molecule has 1 amide bonds. The minimum atomic E-state index is -3.73. The van der Waals surface area contributed by atoms with Gasteiger partial charge < -0.3 is 14.2 Å². The molecule has 0 aromatic carbocycles. The zero-order valence-corrected chi connectivity index (χ0v) is 15.5. The first kappa shape index (κ1) is 18.3. The Labute approximate surface area is 147 Å². The van der Waals surface area contributed by atoms with Crippen molar-refractivity contribution in [2.75, 3.05) is 19.7 Å². The van der Waals surface area contributed by atoms with E-state index in [1.165, 1.54) is 0 Å². The second-order valence-electron chi connectivity index (χ2n) is 6.65. The van der Waals surface area contributed by atoms with Crippen LogP contribution in [0.1, 0.15) is 43.6 Å². The van der Waals surface area contributed by atoms with Crippen molar-refractivity contribution in [1.82, 2.24) is 14.8 Å². The monoisotopic (exact) mass is 371 g/mol. The van der Waals surface area contributed by atoms with Gasteiger partial charge in [-0.2, -0.15) is 0 Å². The van der Waals surface area contributed by atoms with Crippen LogP contribution in [-0.2, 0) is 19.6 Å². The number of hydrogen-bond acceptors (Lipinski definition) is 6. The van der Waals surface area contributed by atoms with Gasteiger partial charge in [0.2, 0.25) is 15.9 Å². The number of rotatable bonds is 5. The summed E-state index contributed by atoms with van der Waals surface area (Å²) in [5.74, 6) is 0.219. The van der Waals surface area contributed by atoms with E-state index in [0.29, 0.717) is 18.8 Å². The number of aryl methyl sites for hydroxylation is 2. The van der Waals surface area contributed by atoms with Crippen molar-refractivity contribution >= 4 is 15.9 Å². The molecule has 25 heavy (non-hydrogen) atoms. The van der Waals surface area contributed by atoms with E-state index in [1.807, 2.05) is 4.90 Å². The maximum absolute atomic E-state index is 12.6. The number of fused-ring (bicyclic) bond motifs is 1. The van der Waals surface area contributed by atoms with Crippen LogP contribution in [0.25, 0.3) is 0 Å². The van der Waals surface area contributed by atoms with Gasteiger partial charge in [0.25, 0.3) is 0 Å². The van der Waals surface area contributed by atoms with Crippen LogP contribution in [0.4, 0.5) is 0 Å². The van der Waals surface area contributed by atoms with Crippen LogP contribution in [0.2, 0.25) is 0 Å². The second-order valence-corrected chi connectivity index (χ2v) is 8.35. The normalized spacial score (nSPS) is 24.2. The van der Waals surface area contributed by atoms with Crippen molar-refractivity contribution in [3.63, 3.8) is 0 Å². The third-order valence-corrected chi connectivity index (χ3v) is 6.62. The number of ether oxygens (including phenoxy) is 1. The minimum absolute atomic E-state index is 0.0262. The molecule has 0 radical (unpaired) electrons. The van der Waals surface area contributed by atoms with Crippen LogP contribution in [0.5, 0.6) is 0 Å². The summed E-state index contributed by atoms with van der Waals surface area (Å²) >= 11 is 0. The molecule has 140 valence electrons. The van der Waals surface area contributed by atoms with Gasteiger partial charge in [-0.15, -0.1) is 0 Å². The Morgan fingerprint density at radius 1 is 1.32 bits per heavy atom. The van der Waals surface area contributed by atoms with Crippen LogP contribution in [0.15, 0.2) is 9.42 Å². The molecule has 1 saturated carbocycles. The molecule has 2 atom stereocenters. The van der Waals surface area contributed by atoms with Gasteiger partial charge in [0.1, 0.15) is 10.6 Å². The SMILES string of the molecule is Cc1noc(C)c1S(=O)(=O)NCCC(=O)N1CCOC2CCCCC21. The predicted molar refractivity (Wildman–Crippen MR) is 89.5 cm³/mol. The highest BCUT2D eigenvalue weighted by atomic mass is 32.2. The second kappa shape index (κ2) is 7.43. The maximum Gasteiger partial charge on any atom is 0.245 e. The number of sulfonamides is 1. The number of carbonyl (C=O) groups excluding carboxylic acids is 1. The lowest BCUT2D eigenvalue weighted by atomic mass is 9.90. The first-order chi connectivity index (χ1) is 11.9. The molecule has 3 rings (SSSR count). The molecule has 2 aliphatic rings. The van der Waals surface area contributed by atoms with E-state index in [2.05, 4.69) is 9.88 Å². The molecular weight excluding hydrogens is 346 g/mol. The molecule has 0 spiro atoms. The van der Waals surface area contributed by atoms with Crippen LogP contribution in [0, 0.1) is 13.8 Å². The van der Waals surface area contributed by atoms with Crippen molar-refractivity contribution in [2.45, 2.75) is 63.0 Å². The summed E-state index contributed by atoms with van der Waals surface area (Å²) in [6.07, 6.45) is 4.46. The number of amides is 1. The zero-order valence-electron chi connectivity index (χ0n) is 14.7. The molecule has 2 heterocycles. The van der Waals surface area contributed by atoms with E-state index in [-0.39, 0.29) is 41.7 Å². The van der Waals surface area contributed by atoms with Gasteiger partial charge in [0.15, 0.2) is 5.76 Å². The fourth-order valence-electron chi connectivity index (χ4n) is 3.77. The summed E-state index contributed by atoms with van der Waals surface area (Å²) < 4.78 is 37.9. The van der Waals surface area contributed by atoms with E-state index in [1.54, 1.807) is 13.8 Å². The molecule has 0 bridgehead atoms. The summed E-state index contributed by atoms with van der Waals surface area (Å²) in [7, 11) is -3.73. The van der Waals surface area contributed by atoms with Crippen molar-refractivity contribution in [3.8, 4) is 0 Å². The number of hydrogen-bond donors (Lipinski definition) is 1. The van der Waals surface area contributed by atoms with E-state index in [9.17, 15) is 13.2 Å². The van der Waals surface area contributed by atoms with E-state index in [0.717, 1.165) is 25.7 Å². The summed E-state index contributed by atoms with van der Waals surface area (Å²) in [6.45, 7) is 4.32. The quantitative estimate of drug-likeness (QED) is 0.832. The molecule has 1 aliphatic carbocycles. The third kappa shape index (κ3) is 3.88. The molecule has 9 heteroatoms. The van der Waals surface area contributed by atoms with Gasteiger partial charge >= 0.3 is 0 Å². The smallest absolute Gasteiger partial charge is 0.245 e. The highest BCUT2D eigenvalue weighted by Crippen LogP contribution is 2.28. The highest BCUT2D eigenvalue weighted by Gasteiger charge is 2.36. The zero-order chi connectivity index (χ0) is 18.0. The Kier molecular flexibility index (Phi) is 5.45. The number of carbonyl (C=O) groups is 1. The van der Waals surface area contributed by atoms with Gasteiger partial charge in [-0.05, 0) is 26.7 Å². The van der Waals surface area contributed by atoms with Crippen molar-refractivity contribution in [3.05, 3.63) is 11.5 Å². The number of nitrogens with one attached hydrogen (secondary N) is 1. The Balaban J connectivity index is 1.57. The Hall–Kier alpha value is -1.45. The Morgan fingerprint density at radius 2 is 2.08 bits per heavy atom. The summed E-state index contributed by atoms with van der Waals surface area (Å²) in [5.41, 5.74) is 0.314. The molecule has 1 saturated heterocycles. The van der Waals surface area contributed by atoms with E-state index in [4.69, 9.17) is 9.26 Å². The maximum atomic E-state index is 12.6. The molecule has 1 aromatic heterocycles. The molecule has 1 aliphatic heterocycles. The van der Waals surface area contributed by atoms with Gasteiger partial charge in [0.05, 0.1) is 18.8 Å². The fraction of sp³-hybridized carbons (Fsp3) is 0.750. The van der Waals surface area contributed by atoms with Gasteiger partial charge in [0, 0.05) is 19.5 Å². The molecular formula is C16H25N3O5S. The standard InChI is InChI=1S/C16H25N3O5S/c1-11-16(12(2)24-18-11)25(21,22)17-8-7-15(20)19-9-10-23-14-6-4-3-5-13(14)19/h13-14,17H,3-10H2,1-2H3. The topological polar surface area (TPSA) is 102 Å². The number of nitrogens with zero attached hydrogens (tertiary/aromatic N) is 2. The van der Waals surface area contributed by atoms with Crippen molar-refractivity contribution < 1.29 is 22.5 Å². The van der Waals surface area contributed by atoms with E-state index >= 15 is 0 Å². The lowest BCUT2D eigenvalue weighted by molar-refractivity contribution is -0.149. The van der Waals surface area contributed by atoms with Crippen molar-refractivity contribution in [1.29, 1.82) is 0 Å². The summed E-state index contributed by atoms with van der Waals surface area (Å²) in [6, 6.07) is 0.133. The largest absolute Gasteiger partial charge is 0.374 e. The lowest BCUT2D eigenvalue weighted by Crippen LogP contribution is -2.55. The van der Waals surface area contributed by atoms with Gasteiger partial charge in [-0.3, -0.25) is 4.79 Å². The van der Waals surface area contributed by atoms with Crippen LogP contribution in [0.3, 0.4) is 0 Å². The molecule has 2 fully saturated rings. The molecule has 8 nitrogen and oxygen atoms in total. The van der Waals surface area contributed by atoms with Crippen LogP contribution >= 0.6 is 0 Å².